The fourth-order valence-electron chi connectivity index (χ4n) is 3.60. The van der Waals surface area contributed by atoms with E-state index in [1.165, 1.54) is 36.1 Å². The highest BCUT2D eigenvalue weighted by Gasteiger charge is 2.18. The second kappa shape index (κ2) is 11.0. The summed E-state index contributed by atoms with van der Waals surface area (Å²) < 4.78 is 25.4. The zero-order chi connectivity index (χ0) is 24.7. The van der Waals surface area contributed by atoms with Gasteiger partial charge in [0.2, 0.25) is 0 Å². The number of rotatable bonds is 10. The molecule has 1 amide bonds. The number of nitrogens with one attached hydrogen (secondary N) is 1. The van der Waals surface area contributed by atoms with Gasteiger partial charge in [0, 0.05) is 17.7 Å². The Kier molecular flexibility index (Phi) is 7.88. The molecule has 0 unspecified atom stereocenters. The number of aromatic nitrogens is 2. The Morgan fingerprint density at radius 2 is 2.03 bits per heavy atom. The summed E-state index contributed by atoms with van der Waals surface area (Å²) in [7, 11) is 3.06. The lowest BCUT2D eigenvalue weighted by Gasteiger charge is -2.14. The molecular formula is C25H26FN5O3. The Morgan fingerprint density at radius 3 is 2.65 bits per heavy atom. The Labute approximate surface area is 197 Å². The molecule has 1 heterocycles. The molecule has 1 aromatic heterocycles. The molecule has 0 atom stereocenters. The number of allylic oxidation sites excluding steroid dienone is 1. The van der Waals surface area contributed by atoms with Crippen LogP contribution in [0.25, 0.3) is 5.69 Å². The van der Waals surface area contributed by atoms with E-state index in [-0.39, 0.29) is 23.1 Å². The van der Waals surface area contributed by atoms with E-state index < -0.39 is 0 Å². The van der Waals surface area contributed by atoms with Crippen molar-refractivity contribution in [1.29, 1.82) is 5.26 Å². The van der Waals surface area contributed by atoms with E-state index in [0.29, 0.717) is 54.3 Å². The van der Waals surface area contributed by atoms with E-state index in [4.69, 9.17) is 15.2 Å². The second-order valence-electron chi connectivity index (χ2n) is 7.43. The molecule has 9 heteroatoms. The number of halogens is 1. The molecule has 3 N–H and O–H groups in total. The largest absolute Gasteiger partial charge is 0.493 e. The third-order valence-corrected chi connectivity index (χ3v) is 5.23. The summed E-state index contributed by atoms with van der Waals surface area (Å²) >= 11 is 0. The zero-order valence-corrected chi connectivity index (χ0v) is 19.1. The SMILES string of the molecule is C=CCc1cc(C(=O)NCCCc2nn(-c3ccc(F)cc3)c(N)c2C#N)cc(OC)c1OC. The summed E-state index contributed by atoms with van der Waals surface area (Å²) in [5.41, 5.74) is 8.66. The lowest BCUT2D eigenvalue weighted by atomic mass is 10.0. The lowest BCUT2D eigenvalue weighted by molar-refractivity contribution is 0.0952. The minimum Gasteiger partial charge on any atom is -0.493 e. The molecule has 0 aliphatic carbocycles. The van der Waals surface area contributed by atoms with E-state index >= 15 is 0 Å². The van der Waals surface area contributed by atoms with E-state index in [1.54, 1.807) is 25.3 Å². The maximum atomic E-state index is 13.2. The van der Waals surface area contributed by atoms with Gasteiger partial charge in [-0.1, -0.05) is 6.08 Å². The number of nitrogen functional groups attached to an aromatic ring is 1. The number of methoxy groups -OCH3 is 2. The van der Waals surface area contributed by atoms with Crippen molar-refractivity contribution in [2.45, 2.75) is 19.3 Å². The van der Waals surface area contributed by atoms with E-state index in [9.17, 15) is 14.4 Å². The number of benzene rings is 2. The van der Waals surface area contributed by atoms with Gasteiger partial charge in [0.25, 0.3) is 5.91 Å². The van der Waals surface area contributed by atoms with Gasteiger partial charge in [0.1, 0.15) is 23.3 Å². The Bertz CT molecular complexity index is 1230. The highest BCUT2D eigenvalue weighted by atomic mass is 19.1. The lowest BCUT2D eigenvalue weighted by Crippen LogP contribution is -2.25. The molecule has 0 fully saturated rings. The summed E-state index contributed by atoms with van der Waals surface area (Å²) in [6, 6.07) is 11.1. The van der Waals surface area contributed by atoms with Crippen LogP contribution in [0.15, 0.2) is 49.1 Å². The maximum absolute atomic E-state index is 13.2. The molecule has 3 aromatic rings. The van der Waals surface area contributed by atoms with Crippen molar-refractivity contribution in [2.24, 2.45) is 0 Å². The van der Waals surface area contributed by atoms with E-state index in [1.807, 2.05) is 0 Å². The molecule has 3 rings (SSSR count). The van der Waals surface area contributed by atoms with Crippen molar-refractivity contribution >= 4 is 11.7 Å². The molecule has 2 aromatic carbocycles. The number of carbonyl (C=O) groups is 1. The average Bonchev–Trinajstić information content (AvgIpc) is 3.16. The van der Waals surface area contributed by atoms with E-state index in [2.05, 4.69) is 23.1 Å². The molecule has 0 spiro atoms. The van der Waals surface area contributed by atoms with Crippen LogP contribution >= 0.6 is 0 Å². The van der Waals surface area contributed by atoms with Crippen molar-refractivity contribution in [3.8, 4) is 23.3 Å². The molecule has 0 saturated heterocycles. The summed E-state index contributed by atoms with van der Waals surface area (Å²) in [4.78, 5) is 12.7. The maximum Gasteiger partial charge on any atom is 0.251 e. The summed E-state index contributed by atoms with van der Waals surface area (Å²) in [6.45, 7) is 4.10. The first kappa shape index (κ1) is 24.3. The first-order valence-electron chi connectivity index (χ1n) is 10.6. The minimum atomic E-state index is -0.378. The van der Waals surface area contributed by atoms with Crippen LogP contribution in [0.5, 0.6) is 11.5 Å². The van der Waals surface area contributed by atoms with E-state index in [0.717, 1.165) is 5.56 Å². The van der Waals surface area contributed by atoms with Crippen molar-refractivity contribution in [3.63, 3.8) is 0 Å². The van der Waals surface area contributed by atoms with Gasteiger partial charge in [0.05, 0.1) is 25.6 Å². The normalized spacial score (nSPS) is 10.4. The Morgan fingerprint density at radius 1 is 1.29 bits per heavy atom. The standard InChI is InChI=1S/C25H26FN5O3/c1-4-6-16-13-17(14-22(33-2)23(16)34-3)25(32)29-12-5-7-21-20(15-27)24(28)31(30-21)19-10-8-18(26)9-11-19/h4,8-11,13-14H,1,5-7,12,28H2,2-3H3,(H,29,32). The monoisotopic (exact) mass is 463 g/mol. The van der Waals surface area contributed by atoms with Gasteiger partial charge < -0.3 is 20.5 Å². The van der Waals surface area contributed by atoms with Gasteiger partial charge in [-0.05, 0) is 55.7 Å². The van der Waals surface area contributed by atoms with Gasteiger partial charge >= 0.3 is 0 Å². The number of nitrogens with two attached hydrogens (primary N) is 1. The van der Waals surface area contributed by atoms with Crippen molar-refractivity contribution < 1.29 is 18.7 Å². The molecule has 34 heavy (non-hydrogen) atoms. The predicted molar refractivity (Wildman–Crippen MR) is 127 cm³/mol. The number of hydrogen-bond donors (Lipinski definition) is 2. The van der Waals surface area contributed by atoms with Gasteiger partial charge in [-0.3, -0.25) is 4.79 Å². The molecule has 176 valence electrons. The topological polar surface area (TPSA) is 115 Å². The first-order valence-corrected chi connectivity index (χ1v) is 10.6. The number of carbonyl (C=O) groups excluding carboxylic acids is 1. The number of nitrogens with zero attached hydrogens (tertiary/aromatic N) is 3. The minimum absolute atomic E-state index is 0.188. The molecule has 8 nitrogen and oxygen atoms in total. The highest BCUT2D eigenvalue weighted by molar-refractivity contribution is 5.95. The van der Waals surface area contributed by atoms with Crippen molar-refractivity contribution in [1.82, 2.24) is 15.1 Å². The molecular weight excluding hydrogens is 437 g/mol. The van der Waals surface area contributed by atoms with Crippen LogP contribution in [0.4, 0.5) is 10.2 Å². The summed E-state index contributed by atoms with van der Waals surface area (Å²) in [5, 5.41) is 16.8. The van der Waals surface area contributed by atoms with Gasteiger partial charge in [-0.2, -0.15) is 10.4 Å². The zero-order valence-electron chi connectivity index (χ0n) is 19.1. The number of hydrogen-bond acceptors (Lipinski definition) is 6. The fraction of sp³-hybridized carbons (Fsp3) is 0.240. The number of amides is 1. The quantitative estimate of drug-likeness (QED) is 0.351. The van der Waals surface area contributed by atoms with Crippen LogP contribution in [-0.4, -0.2) is 36.5 Å². The number of anilines is 1. The van der Waals surface area contributed by atoms with Crippen LogP contribution in [0.1, 0.15) is 33.6 Å². The molecule has 0 saturated carbocycles. The van der Waals surface area contributed by atoms with Crippen LogP contribution in [0.3, 0.4) is 0 Å². The van der Waals surface area contributed by atoms with Crippen LogP contribution in [0.2, 0.25) is 0 Å². The predicted octanol–water partition coefficient (Wildman–Crippen LogP) is 3.57. The first-order chi connectivity index (χ1) is 16.4. The van der Waals surface area contributed by atoms with Crippen LogP contribution in [-0.2, 0) is 12.8 Å². The van der Waals surface area contributed by atoms with Gasteiger partial charge in [-0.25, -0.2) is 9.07 Å². The molecule has 0 aliphatic rings. The van der Waals surface area contributed by atoms with Crippen LogP contribution in [0, 0.1) is 17.1 Å². The third-order valence-electron chi connectivity index (χ3n) is 5.23. The highest BCUT2D eigenvalue weighted by Crippen LogP contribution is 2.33. The van der Waals surface area contributed by atoms with Crippen molar-refractivity contribution in [3.05, 3.63) is 77.3 Å². The van der Waals surface area contributed by atoms with Crippen molar-refractivity contribution in [2.75, 3.05) is 26.5 Å². The van der Waals surface area contributed by atoms with Crippen LogP contribution < -0.4 is 20.5 Å². The average molecular weight is 464 g/mol. The number of aryl methyl sites for hydroxylation is 1. The third kappa shape index (κ3) is 5.18. The number of nitriles is 1. The second-order valence-corrected chi connectivity index (χ2v) is 7.43. The summed E-state index contributed by atoms with van der Waals surface area (Å²) in [6.07, 6.45) is 3.21. The Balaban J connectivity index is 1.68. The summed E-state index contributed by atoms with van der Waals surface area (Å²) in [5.74, 6) is 0.582. The Hall–Kier alpha value is -4.32. The molecule has 0 aliphatic heterocycles. The van der Waals surface area contributed by atoms with Gasteiger partial charge in [-0.15, -0.1) is 6.58 Å². The number of ether oxygens (including phenoxy) is 2. The molecule has 0 radical (unpaired) electrons. The molecule has 0 bridgehead atoms. The van der Waals surface area contributed by atoms with Gasteiger partial charge in [0.15, 0.2) is 11.5 Å². The smallest absolute Gasteiger partial charge is 0.251 e. The fourth-order valence-corrected chi connectivity index (χ4v) is 3.60.